The average Bonchev–Trinajstić information content (AvgIpc) is 3.20. The molecule has 0 aliphatic rings. The minimum Gasteiger partial charge on any atom is -0.445 e. The molecule has 3 amide bonds. The minimum atomic E-state index is -5.40. The molecule has 3 aromatic carbocycles. The van der Waals surface area contributed by atoms with Gasteiger partial charge in [-0.3, -0.25) is 14.4 Å². The Morgan fingerprint density at radius 3 is 2.05 bits per heavy atom. The van der Waals surface area contributed by atoms with E-state index < -0.39 is 54.5 Å². The molecular formula is C41H44F3N5O7. The van der Waals surface area contributed by atoms with Gasteiger partial charge in [0.2, 0.25) is 11.8 Å². The van der Waals surface area contributed by atoms with Crippen molar-refractivity contribution in [1.29, 1.82) is 0 Å². The van der Waals surface area contributed by atoms with E-state index in [1.165, 1.54) is 0 Å². The summed E-state index contributed by atoms with van der Waals surface area (Å²) in [5, 5.41) is 11.2. The average molecular weight is 776 g/mol. The van der Waals surface area contributed by atoms with Crippen molar-refractivity contribution in [3.8, 4) is 11.1 Å². The van der Waals surface area contributed by atoms with Crippen LogP contribution in [0.4, 0.5) is 23.8 Å². The van der Waals surface area contributed by atoms with E-state index in [9.17, 15) is 37.1 Å². The van der Waals surface area contributed by atoms with Crippen LogP contribution in [-0.2, 0) is 35.3 Å². The number of hydrogen-bond donors (Lipinski definition) is 4. The Kier molecular flexibility index (Phi) is 16.8. The molecule has 1 unspecified atom stereocenters. The Bertz CT molecular complexity index is 1850. The zero-order valence-electron chi connectivity index (χ0n) is 30.6. The number of pyridine rings is 1. The molecule has 4 aromatic rings. The third-order valence-electron chi connectivity index (χ3n) is 8.40. The van der Waals surface area contributed by atoms with Crippen molar-refractivity contribution in [3.05, 3.63) is 120 Å². The van der Waals surface area contributed by atoms with Crippen LogP contribution in [0.3, 0.4) is 0 Å². The predicted octanol–water partition coefficient (Wildman–Crippen LogP) is 6.79. The maximum atomic E-state index is 13.8. The number of nitrogens with zero attached hydrogens (tertiary/aromatic N) is 1. The Morgan fingerprint density at radius 2 is 1.38 bits per heavy atom. The molecule has 15 heteroatoms. The van der Waals surface area contributed by atoms with E-state index in [0.29, 0.717) is 43.6 Å². The predicted molar refractivity (Wildman–Crippen MR) is 202 cm³/mol. The first-order chi connectivity index (χ1) is 27.0. The molecule has 0 aliphatic heterocycles. The van der Waals surface area contributed by atoms with Crippen LogP contribution < -0.4 is 21.3 Å². The molecule has 0 fully saturated rings. The van der Waals surface area contributed by atoms with Crippen molar-refractivity contribution < 1.29 is 46.6 Å². The fourth-order valence-electron chi connectivity index (χ4n) is 5.50. The van der Waals surface area contributed by atoms with E-state index in [1.54, 1.807) is 36.5 Å². The summed E-state index contributed by atoms with van der Waals surface area (Å²) in [6.45, 7) is 0.871. The molecule has 0 saturated carbocycles. The molecule has 0 saturated heterocycles. The highest BCUT2D eigenvalue weighted by atomic mass is 19.4. The van der Waals surface area contributed by atoms with Crippen LogP contribution in [0.15, 0.2) is 109 Å². The number of benzene rings is 3. The van der Waals surface area contributed by atoms with Crippen LogP contribution in [0.2, 0.25) is 0 Å². The van der Waals surface area contributed by atoms with Gasteiger partial charge in [-0.2, -0.15) is 13.2 Å². The summed E-state index contributed by atoms with van der Waals surface area (Å²) < 4.78 is 47.9. The second-order valence-corrected chi connectivity index (χ2v) is 12.7. The number of anilines is 1. The molecular weight excluding hydrogens is 731 g/mol. The highest BCUT2D eigenvalue weighted by molar-refractivity contribution is 5.90. The summed E-state index contributed by atoms with van der Waals surface area (Å²) in [5.74, 6) is -4.61. The number of halogens is 3. The number of amides is 3. The van der Waals surface area contributed by atoms with Gasteiger partial charge in [0.05, 0.1) is 12.5 Å². The van der Waals surface area contributed by atoms with Crippen molar-refractivity contribution in [3.63, 3.8) is 0 Å². The highest BCUT2D eigenvalue weighted by Crippen LogP contribution is 2.25. The van der Waals surface area contributed by atoms with E-state index in [2.05, 4.69) is 31.0 Å². The maximum Gasteiger partial charge on any atom is 0.491 e. The molecule has 0 bridgehead atoms. The lowest BCUT2D eigenvalue weighted by Gasteiger charge is -2.24. The lowest BCUT2D eigenvalue weighted by Crippen LogP contribution is -2.48. The number of nitrogens with one attached hydrogen (secondary N) is 4. The molecule has 0 spiro atoms. The Morgan fingerprint density at radius 1 is 0.714 bits per heavy atom. The van der Waals surface area contributed by atoms with Gasteiger partial charge in [-0.05, 0) is 66.5 Å². The van der Waals surface area contributed by atoms with Crippen LogP contribution in [0.5, 0.6) is 0 Å². The number of carbonyl (C=O) groups excluding carboxylic acids is 5. The third-order valence-corrected chi connectivity index (χ3v) is 8.40. The summed E-state index contributed by atoms with van der Waals surface area (Å²) in [6, 6.07) is 28.2. The van der Waals surface area contributed by atoms with Gasteiger partial charge in [-0.15, -0.1) is 0 Å². The number of esters is 2. The number of alkyl halides is 3. The van der Waals surface area contributed by atoms with Gasteiger partial charge in [-0.1, -0.05) is 91.0 Å². The van der Waals surface area contributed by atoms with E-state index in [0.717, 1.165) is 16.7 Å². The molecule has 4 N–H and O–H groups in total. The highest BCUT2D eigenvalue weighted by Gasteiger charge is 2.42. The first-order valence-corrected chi connectivity index (χ1v) is 18.1. The molecule has 12 nitrogen and oxygen atoms in total. The van der Waals surface area contributed by atoms with Gasteiger partial charge < -0.3 is 30.7 Å². The van der Waals surface area contributed by atoms with Crippen LogP contribution in [0.25, 0.3) is 11.1 Å². The van der Waals surface area contributed by atoms with Gasteiger partial charge in [-0.25, -0.2) is 14.6 Å². The fourth-order valence-corrected chi connectivity index (χ4v) is 5.50. The van der Waals surface area contributed by atoms with Crippen LogP contribution in [0.1, 0.15) is 62.1 Å². The number of rotatable bonds is 20. The van der Waals surface area contributed by atoms with Gasteiger partial charge in [0.25, 0.3) is 0 Å². The number of ether oxygens (including phenoxy) is 2. The summed E-state index contributed by atoms with van der Waals surface area (Å²) in [6.07, 6.45) is -3.05. The zero-order chi connectivity index (χ0) is 40.2. The first kappa shape index (κ1) is 42.5. The normalized spacial score (nSPS) is 12.1. The van der Waals surface area contributed by atoms with Gasteiger partial charge in [0.1, 0.15) is 18.5 Å². The number of alkyl carbamates (subject to hydrolysis) is 1. The van der Waals surface area contributed by atoms with E-state index in [4.69, 9.17) is 4.74 Å². The molecule has 0 radical (unpaired) electrons. The monoisotopic (exact) mass is 775 g/mol. The molecule has 2 atom stereocenters. The molecule has 1 heterocycles. The van der Waals surface area contributed by atoms with Crippen LogP contribution in [0, 0.1) is 0 Å². The van der Waals surface area contributed by atoms with Crippen molar-refractivity contribution in [1.82, 2.24) is 20.9 Å². The van der Waals surface area contributed by atoms with Crippen molar-refractivity contribution in [2.75, 3.05) is 18.4 Å². The van der Waals surface area contributed by atoms with Crippen LogP contribution in [-0.4, -0.2) is 60.1 Å². The first-order valence-electron chi connectivity index (χ1n) is 18.1. The Hall–Kier alpha value is -6.25. The van der Waals surface area contributed by atoms with E-state index >= 15 is 0 Å². The summed E-state index contributed by atoms with van der Waals surface area (Å²) in [5.41, 5.74) is 2.84. The van der Waals surface area contributed by atoms with Gasteiger partial charge in [0, 0.05) is 25.7 Å². The quantitative estimate of drug-likeness (QED) is 0.0430. The SMILES string of the molecule is O=C(CCCCNc1ccccn1)N[C@@H](CCCCNC(=O)OCc1ccccc1)C(=O)NC(CC(=O)OC(=O)C(F)(F)F)c1ccc(-c2ccccc2)cc1. The second kappa shape index (κ2) is 22.2. The molecule has 296 valence electrons. The third kappa shape index (κ3) is 15.2. The molecule has 56 heavy (non-hydrogen) atoms. The largest absolute Gasteiger partial charge is 0.491 e. The Balaban J connectivity index is 1.40. The smallest absolute Gasteiger partial charge is 0.445 e. The lowest BCUT2D eigenvalue weighted by molar-refractivity contribution is -0.202. The summed E-state index contributed by atoms with van der Waals surface area (Å²) >= 11 is 0. The lowest BCUT2D eigenvalue weighted by atomic mass is 9.98. The number of carbonyl (C=O) groups is 5. The number of unbranched alkanes of at least 4 members (excludes halogenated alkanes) is 2. The fraction of sp³-hybridized carbons (Fsp3) is 0.317. The molecule has 4 rings (SSSR count). The summed E-state index contributed by atoms with van der Waals surface area (Å²) in [4.78, 5) is 67.2. The Labute approximate surface area is 322 Å². The van der Waals surface area contributed by atoms with Gasteiger partial charge in [0.15, 0.2) is 0 Å². The van der Waals surface area contributed by atoms with E-state index in [-0.39, 0.29) is 26.0 Å². The molecule has 0 aliphatic carbocycles. The van der Waals surface area contributed by atoms with E-state index in [1.807, 2.05) is 72.8 Å². The number of hydrogen-bond acceptors (Lipinski definition) is 9. The zero-order valence-corrected chi connectivity index (χ0v) is 30.6. The minimum absolute atomic E-state index is 0.0915. The topological polar surface area (TPSA) is 165 Å². The van der Waals surface area contributed by atoms with Crippen molar-refractivity contribution >= 4 is 35.7 Å². The van der Waals surface area contributed by atoms with Crippen molar-refractivity contribution in [2.45, 2.75) is 69.8 Å². The maximum absolute atomic E-state index is 13.8. The molecule has 1 aromatic heterocycles. The van der Waals surface area contributed by atoms with Crippen LogP contribution >= 0.6 is 0 Å². The second-order valence-electron chi connectivity index (χ2n) is 12.7. The van der Waals surface area contributed by atoms with Crippen molar-refractivity contribution in [2.24, 2.45) is 0 Å². The standard InChI is InChI=1S/C41H44F3N5O7/c42-41(43,44)39(53)56-37(51)27-34(32-22-20-31(21-23-32)30-15-5-2-6-16-30)49-38(52)33(48-36(50)19-9-12-25-46-35-18-8-11-24-45-35)17-7-10-26-47-40(54)55-28-29-13-3-1-4-14-29/h1-6,8,11,13-16,18,20-24,33-34H,7,9-10,12,17,19,25-28H2,(H,45,46)(H,47,54)(H,48,50)(H,49,52)/t33-,34?/m0/s1. The number of aromatic nitrogens is 1. The van der Waals surface area contributed by atoms with Gasteiger partial charge >= 0.3 is 24.2 Å². The summed E-state index contributed by atoms with van der Waals surface area (Å²) in [7, 11) is 0.